The molecule has 4 nitrogen and oxygen atoms in total. The van der Waals surface area contributed by atoms with Gasteiger partial charge in [-0.25, -0.2) is 0 Å². The summed E-state index contributed by atoms with van der Waals surface area (Å²) in [4.78, 5) is 0. The smallest absolute Gasteiger partial charge is 0.121 e. The van der Waals surface area contributed by atoms with Crippen molar-refractivity contribution in [2.75, 3.05) is 23.9 Å². The van der Waals surface area contributed by atoms with E-state index in [-0.39, 0.29) is 0 Å². The molecule has 0 saturated carbocycles. The fourth-order valence-electron chi connectivity index (χ4n) is 2.03. The quantitative estimate of drug-likeness (QED) is 0.905. The minimum absolute atomic E-state index is 0.293. The van der Waals surface area contributed by atoms with Gasteiger partial charge in [-0.05, 0) is 25.0 Å². The molecule has 96 valence electrons. The van der Waals surface area contributed by atoms with E-state index < -0.39 is 10.8 Å². The molecular weight excluding hydrogens is 248 g/mol. The van der Waals surface area contributed by atoms with Gasteiger partial charge in [-0.15, -0.1) is 0 Å². The molecule has 1 aromatic carbocycles. The topological polar surface area (TPSA) is 62.1 Å². The summed E-state index contributed by atoms with van der Waals surface area (Å²) < 4.78 is 16.5. The Hall–Kier alpha value is -1.54. The van der Waals surface area contributed by atoms with Crippen molar-refractivity contribution in [1.29, 1.82) is 5.26 Å². The molecule has 0 spiro atoms. The van der Waals surface area contributed by atoms with E-state index >= 15 is 0 Å². The number of ether oxygens (including phenoxy) is 1. The average molecular weight is 264 g/mol. The maximum Gasteiger partial charge on any atom is 0.121 e. The first-order valence-corrected chi connectivity index (χ1v) is 7.41. The molecule has 1 N–H and O–H groups in total. The van der Waals surface area contributed by atoms with Crippen molar-refractivity contribution >= 4 is 16.5 Å². The molecule has 0 unspecified atom stereocenters. The van der Waals surface area contributed by atoms with Gasteiger partial charge < -0.3 is 10.1 Å². The molecule has 1 aliphatic heterocycles. The molecule has 1 aromatic rings. The summed E-state index contributed by atoms with van der Waals surface area (Å²) in [5.41, 5.74) is 1.41. The third-order valence-electron chi connectivity index (χ3n) is 3.09. The number of hydrogen-bond donors (Lipinski definition) is 1. The zero-order valence-electron chi connectivity index (χ0n) is 10.3. The maximum absolute atomic E-state index is 11.3. The Labute approximate surface area is 109 Å². The summed E-state index contributed by atoms with van der Waals surface area (Å²) in [5.74, 6) is 2.21. The zero-order chi connectivity index (χ0) is 13.0. The number of hydrogen-bond acceptors (Lipinski definition) is 4. The lowest BCUT2D eigenvalue weighted by Crippen LogP contribution is -2.29. The van der Waals surface area contributed by atoms with Crippen LogP contribution < -0.4 is 10.1 Å². The minimum Gasteiger partial charge on any atom is -0.497 e. The van der Waals surface area contributed by atoms with Gasteiger partial charge in [0.05, 0.1) is 18.4 Å². The van der Waals surface area contributed by atoms with E-state index in [0.717, 1.165) is 35.8 Å². The second-order valence-electron chi connectivity index (χ2n) is 4.29. The largest absolute Gasteiger partial charge is 0.497 e. The van der Waals surface area contributed by atoms with Crippen LogP contribution in [-0.4, -0.2) is 28.9 Å². The predicted octanol–water partition coefficient (Wildman–Crippen LogP) is 1.89. The second kappa shape index (κ2) is 5.87. The normalized spacial score (nSPS) is 23.1. The van der Waals surface area contributed by atoms with Crippen LogP contribution in [0.5, 0.6) is 5.75 Å². The Bertz CT molecular complexity index is 486. The summed E-state index contributed by atoms with van der Waals surface area (Å²) >= 11 is 0. The van der Waals surface area contributed by atoms with Crippen molar-refractivity contribution in [3.8, 4) is 11.8 Å². The second-order valence-corrected chi connectivity index (χ2v) is 5.99. The van der Waals surface area contributed by atoms with Gasteiger partial charge in [0.2, 0.25) is 0 Å². The lowest BCUT2D eigenvalue weighted by atomic mass is 10.1. The summed E-state index contributed by atoms with van der Waals surface area (Å²) in [5, 5.41) is 12.4. The van der Waals surface area contributed by atoms with E-state index in [0.29, 0.717) is 11.6 Å². The standard InChI is InChI=1S/C13H16N2O2S/c1-17-12-3-2-10(9-14)13(8-12)15-11-4-6-18(16)7-5-11/h2-3,8,11,15H,4-7H2,1H3. The molecule has 5 heteroatoms. The van der Waals surface area contributed by atoms with Gasteiger partial charge in [-0.3, -0.25) is 4.21 Å². The number of anilines is 1. The first-order valence-electron chi connectivity index (χ1n) is 5.92. The van der Waals surface area contributed by atoms with Crippen LogP contribution in [0.15, 0.2) is 18.2 Å². The molecule has 0 amide bonds. The van der Waals surface area contributed by atoms with E-state index in [9.17, 15) is 4.21 Å². The Morgan fingerprint density at radius 1 is 1.44 bits per heavy atom. The zero-order valence-corrected chi connectivity index (χ0v) is 11.1. The molecule has 1 aliphatic rings. The Morgan fingerprint density at radius 2 is 2.17 bits per heavy atom. The first kappa shape index (κ1) is 12.9. The molecule has 1 fully saturated rings. The number of nitriles is 1. The summed E-state index contributed by atoms with van der Waals surface area (Å²) in [6, 6.07) is 7.83. The highest BCUT2D eigenvalue weighted by Crippen LogP contribution is 2.24. The predicted molar refractivity (Wildman–Crippen MR) is 72.2 cm³/mol. The fourth-order valence-corrected chi connectivity index (χ4v) is 3.32. The molecule has 18 heavy (non-hydrogen) atoms. The van der Waals surface area contributed by atoms with Crippen molar-refractivity contribution < 1.29 is 8.95 Å². The van der Waals surface area contributed by atoms with Crippen LogP contribution in [0, 0.1) is 11.3 Å². The van der Waals surface area contributed by atoms with Crippen molar-refractivity contribution in [2.24, 2.45) is 0 Å². The number of methoxy groups -OCH3 is 1. The Kier molecular flexibility index (Phi) is 4.21. The Morgan fingerprint density at radius 3 is 2.78 bits per heavy atom. The van der Waals surface area contributed by atoms with Crippen molar-refractivity contribution in [1.82, 2.24) is 0 Å². The SMILES string of the molecule is COc1ccc(C#N)c(NC2CCS(=O)CC2)c1. The van der Waals surface area contributed by atoms with Crippen LogP contribution in [0.3, 0.4) is 0 Å². The lowest BCUT2D eigenvalue weighted by Gasteiger charge is -2.24. The molecule has 0 aromatic heterocycles. The first-order chi connectivity index (χ1) is 8.72. The van der Waals surface area contributed by atoms with Crippen molar-refractivity contribution in [2.45, 2.75) is 18.9 Å². The van der Waals surface area contributed by atoms with E-state index in [2.05, 4.69) is 11.4 Å². The van der Waals surface area contributed by atoms with Gasteiger partial charge in [-0.1, -0.05) is 0 Å². The van der Waals surface area contributed by atoms with Crippen molar-refractivity contribution in [3.05, 3.63) is 23.8 Å². The minimum atomic E-state index is -0.662. The van der Waals surface area contributed by atoms with Crippen LogP contribution >= 0.6 is 0 Å². The van der Waals surface area contributed by atoms with E-state index in [1.165, 1.54) is 0 Å². The molecule has 1 heterocycles. The van der Waals surface area contributed by atoms with Gasteiger partial charge in [0.25, 0.3) is 0 Å². The molecule has 0 bridgehead atoms. The van der Waals surface area contributed by atoms with Gasteiger partial charge >= 0.3 is 0 Å². The molecule has 0 aliphatic carbocycles. The summed E-state index contributed by atoms with van der Waals surface area (Å²) in [6.45, 7) is 0. The highest BCUT2D eigenvalue weighted by Gasteiger charge is 2.18. The molecule has 0 radical (unpaired) electrons. The van der Waals surface area contributed by atoms with Crippen LogP contribution in [-0.2, 0) is 10.8 Å². The molecule has 0 atom stereocenters. The number of nitrogens with one attached hydrogen (secondary N) is 1. The van der Waals surface area contributed by atoms with Crippen LogP contribution in [0.4, 0.5) is 5.69 Å². The highest BCUT2D eigenvalue weighted by molar-refractivity contribution is 7.85. The maximum atomic E-state index is 11.3. The number of rotatable bonds is 3. The van der Waals surface area contributed by atoms with Crippen LogP contribution in [0.25, 0.3) is 0 Å². The van der Waals surface area contributed by atoms with E-state index in [1.807, 2.05) is 6.07 Å². The fraction of sp³-hybridized carbons (Fsp3) is 0.462. The Balaban J connectivity index is 2.12. The monoisotopic (exact) mass is 264 g/mol. The van der Waals surface area contributed by atoms with E-state index in [4.69, 9.17) is 10.00 Å². The highest BCUT2D eigenvalue weighted by atomic mass is 32.2. The van der Waals surface area contributed by atoms with Crippen LogP contribution in [0.1, 0.15) is 18.4 Å². The molecular formula is C13H16N2O2S. The lowest BCUT2D eigenvalue weighted by molar-refractivity contribution is 0.415. The van der Waals surface area contributed by atoms with Gasteiger partial charge in [-0.2, -0.15) is 5.26 Å². The molecule has 1 saturated heterocycles. The third kappa shape index (κ3) is 3.02. The third-order valence-corrected chi connectivity index (χ3v) is 4.48. The van der Waals surface area contributed by atoms with Gasteiger partial charge in [0.15, 0.2) is 0 Å². The van der Waals surface area contributed by atoms with Gasteiger partial charge in [0, 0.05) is 34.4 Å². The number of nitrogens with zero attached hydrogens (tertiary/aromatic N) is 1. The van der Waals surface area contributed by atoms with Gasteiger partial charge in [0.1, 0.15) is 11.8 Å². The van der Waals surface area contributed by atoms with Crippen LogP contribution in [0.2, 0.25) is 0 Å². The summed E-state index contributed by atoms with van der Waals surface area (Å²) in [6.07, 6.45) is 1.77. The summed E-state index contributed by atoms with van der Waals surface area (Å²) in [7, 11) is 0.944. The average Bonchev–Trinajstić information content (AvgIpc) is 2.41. The van der Waals surface area contributed by atoms with E-state index in [1.54, 1.807) is 19.2 Å². The molecule has 2 rings (SSSR count). The number of benzene rings is 1. The van der Waals surface area contributed by atoms with Crippen molar-refractivity contribution in [3.63, 3.8) is 0 Å².